The third kappa shape index (κ3) is 3.59. The minimum Gasteiger partial charge on any atom is -0.280 e. The smallest absolute Gasteiger partial charge is 0.280 e. The van der Waals surface area contributed by atoms with Crippen LogP contribution in [-0.4, -0.2) is 8.42 Å². The monoisotopic (exact) mass is 329 g/mol. The third-order valence-corrected chi connectivity index (χ3v) is 4.60. The van der Waals surface area contributed by atoms with Crippen molar-refractivity contribution >= 4 is 15.7 Å². The average molecular weight is 329 g/mol. The van der Waals surface area contributed by atoms with E-state index in [1.165, 1.54) is 12.1 Å². The zero-order valence-electron chi connectivity index (χ0n) is 11.9. The fourth-order valence-corrected chi connectivity index (χ4v) is 3.35. The Labute approximate surface area is 126 Å². The molecule has 0 heterocycles. The number of sulfonamides is 1. The van der Waals surface area contributed by atoms with Crippen molar-refractivity contribution in [2.45, 2.75) is 24.9 Å². The van der Waals surface area contributed by atoms with Crippen LogP contribution >= 0.6 is 0 Å². The van der Waals surface area contributed by atoms with Crippen LogP contribution in [0, 0.1) is 13.8 Å². The van der Waals surface area contributed by atoms with Crippen LogP contribution in [0.2, 0.25) is 0 Å². The lowest BCUT2D eigenvalue weighted by Crippen LogP contribution is -2.15. The molecule has 7 heteroatoms. The molecule has 2 aromatic rings. The number of nitrogens with one attached hydrogen (secondary N) is 1. The Morgan fingerprint density at radius 1 is 1.00 bits per heavy atom. The summed E-state index contributed by atoms with van der Waals surface area (Å²) in [5, 5.41) is 0. The first-order valence-corrected chi connectivity index (χ1v) is 7.85. The van der Waals surface area contributed by atoms with Crippen molar-refractivity contribution in [3.8, 4) is 0 Å². The van der Waals surface area contributed by atoms with Crippen LogP contribution in [0.15, 0.2) is 47.4 Å². The van der Waals surface area contributed by atoms with Crippen molar-refractivity contribution < 1.29 is 21.6 Å². The molecule has 1 N–H and O–H groups in total. The molecule has 0 saturated carbocycles. The van der Waals surface area contributed by atoms with Gasteiger partial charge in [-0.15, -0.1) is 0 Å². The lowest BCUT2D eigenvalue weighted by molar-refractivity contribution is -0.137. The zero-order valence-corrected chi connectivity index (χ0v) is 12.7. The molecule has 0 saturated heterocycles. The van der Waals surface area contributed by atoms with Crippen LogP contribution in [0.25, 0.3) is 0 Å². The van der Waals surface area contributed by atoms with Crippen molar-refractivity contribution in [3.63, 3.8) is 0 Å². The number of halogens is 3. The fourth-order valence-electron chi connectivity index (χ4n) is 2.07. The Kier molecular flexibility index (Phi) is 4.19. The molecule has 2 aromatic carbocycles. The third-order valence-electron chi connectivity index (χ3n) is 3.06. The van der Waals surface area contributed by atoms with Gasteiger partial charge in [0.2, 0.25) is 0 Å². The highest BCUT2D eigenvalue weighted by Crippen LogP contribution is 2.31. The van der Waals surface area contributed by atoms with Gasteiger partial charge in [-0.05, 0) is 43.7 Å². The number of hydrogen-bond donors (Lipinski definition) is 1. The van der Waals surface area contributed by atoms with Gasteiger partial charge in [-0.3, -0.25) is 4.72 Å². The van der Waals surface area contributed by atoms with Crippen molar-refractivity contribution in [1.82, 2.24) is 0 Å². The van der Waals surface area contributed by atoms with Gasteiger partial charge in [0.05, 0.1) is 10.5 Å². The number of alkyl halides is 3. The van der Waals surface area contributed by atoms with Crippen LogP contribution in [0.1, 0.15) is 16.7 Å². The van der Waals surface area contributed by atoms with E-state index < -0.39 is 21.8 Å². The molecule has 0 aliphatic heterocycles. The molecule has 22 heavy (non-hydrogen) atoms. The van der Waals surface area contributed by atoms with Crippen molar-refractivity contribution in [1.29, 1.82) is 0 Å². The number of rotatable bonds is 3. The lowest BCUT2D eigenvalue weighted by atomic mass is 10.2. The van der Waals surface area contributed by atoms with Gasteiger partial charge in [0.15, 0.2) is 0 Å². The van der Waals surface area contributed by atoms with Crippen molar-refractivity contribution in [2.24, 2.45) is 0 Å². The minimum absolute atomic E-state index is 0.0375. The molecule has 0 radical (unpaired) electrons. The number of aryl methyl sites for hydroxylation is 2. The molecular weight excluding hydrogens is 315 g/mol. The SMILES string of the molecule is Cc1ccc(S(=O)(=O)Nc2cccc(C(F)(F)F)c2)c(C)c1. The Morgan fingerprint density at radius 3 is 2.27 bits per heavy atom. The summed E-state index contributed by atoms with van der Waals surface area (Å²) in [7, 11) is -3.94. The molecule has 0 amide bonds. The van der Waals surface area contributed by atoms with Gasteiger partial charge in [0.1, 0.15) is 0 Å². The van der Waals surface area contributed by atoms with Gasteiger partial charge in [-0.2, -0.15) is 13.2 Å². The van der Waals surface area contributed by atoms with Gasteiger partial charge in [-0.1, -0.05) is 23.8 Å². The molecule has 0 bridgehead atoms. The minimum atomic E-state index is -4.53. The van der Waals surface area contributed by atoms with Gasteiger partial charge >= 0.3 is 6.18 Å². The van der Waals surface area contributed by atoms with E-state index in [4.69, 9.17) is 0 Å². The number of anilines is 1. The van der Waals surface area contributed by atoms with Crippen LogP contribution in [0.4, 0.5) is 18.9 Å². The van der Waals surface area contributed by atoms with E-state index in [1.54, 1.807) is 19.1 Å². The summed E-state index contributed by atoms with van der Waals surface area (Å²) in [4.78, 5) is 0.0375. The van der Waals surface area contributed by atoms with Crippen molar-refractivity contribution in [3.05, 3.63) is 59.2 Å². The number of hydrogen-bond acceptors (Lipinski definition) is 2. The maximum Gasteiger partial charge on any atom is 0.416 e. The standard InChI is InChI=1S/C15H14F3NO2S/c1-10-6-7-14(11(2)8-10)22(20,21)19-13-5-3-4-12(9-13)15(16,17)18/h3-9,19H,1-2H3. The Morgan fingerprint density at radius 2 is 1.68 bits per heavy atom. The molecule has 118 valence electrons. The molecule has 0 fully saturated rings. The van der Waals surface area contributed by atoms with Crippen LogP contribution in [0.5, 0.6) is 0 Å². The summed E-state index contributed by atoms with van der Waals surface area (Å²) in [5.74, 6) is 0. The topological polar surface area (TPSA) is 46.2 Å². The summed E-state index contributed by atoms with van der Waals surface area (Å²) in [6, 6.07) is 8.84. The summed E-state index contributed by atoms with van der Waals surface area (Å²) in [6.45, 7) is 3.46. The van der Waals surface area contributed by atoms with Crippen LogP contribution in [0.3, 0.4) is 0 Å². The lowest BCUT2D eigenvalue weighted by Gasteiger charge is -2.13. The van der Waals surface area contributed by atoms with Crippen LogP contribution in [-0.2, 0) is 16.2 Å². The van der Waals surface area contributed by atoms with E-state index in [2.05, 4.69) is 4.72 Å². The Balaban J connectivity index is 2.37. The van der Waals surface area contributed by atoms with Gasteiger partial charge in [0.25, 0.3) is 10.0 Å². The number of benzene rings is 2. The molecule has 0 unspecified atom stereocenters. The second-order valence-electron chi connectivity index (χ2n) is 4.95. The van der Waals surface area contributed by atoms with Crippen molar-refractivity contribution in [2.75, 3.05) is 4.72 Å². The van der Waals surface area contributed by atoms with E-state index >= 15 is 0 Å². The van der Waals surface area contributed by atoms with E-state index in [9.17, 15) is 21.6 Å². The first-order valence-electron chi connectivity index (χ1n) is 6.37. The summed E-state index contributed by atoms with van der Waals surface area (Å²) < 4.78 is 64.7. The van der Waals surface area contributed by atoms with E-state index in [-0.39, 0.29) is 10.6 Å². The normalized spacial score (nSPS) is 12.2. The van der Waals surface area contributed by atoms with Gasteiger partial charge in [0, 0.05) is 5.69 Å². The quantitative estimate of drug-likeness (QED) is 0.920. The molecular formula is C15H14F3NO2S. The second-order valence-corrected chi connectivity index (χ2v) is 6.60. The van der Waals surface area contributed by atoms with Crippen LogP contribution < -0.4 is 4.72 Å². The molecule has 0 aromatic heterocycles. The highest BCUT2D eigenvalue weighted by molar-refractivity contribution is 7.92. The predicted molar refractivity (Wildman–Crippen MR) is 78.2 cm³/mol. The predicted octanol–water partition coefficient (Wildman–Crippen LogP) is 4.12. The molecule has 2 rings (SSSR count). The maximum absolute atomic E-state index is 12.7. The Bertz CT molecular complexity index is 799. The summed E-state index contributed by atoms with van der Waals surface area (Å²) >= 11 is 0. The maximum atomic E-state index is 12.7. The van der Waals surface area contributed by atoms with Gasteiger partial charge < -0.3 is 0 Å². The largest absolute Gasteiger partial charge is 0.416 e. The molecule has 0 aliphatic rings. The Hall–Kier alpha value is -2.02. The highest BCUT2D eigenvalue weighted by Gasteiger charge is 2.30. The zero-order chi connectivity index (χ0) is 16.5. The first kappa shape index (κ1) is 16.4. The van der Waals surface area contributed by atoms with E-state index in [1.807, 2.05) is 6.92 Å². The molecule has 0 atom stereocenters. The molecule has 3 nitrogen and oxygen atoms in total. The molecule has 0 spiro atoms. The first-order chi connectivity index (χ1) is 10.1. The second kappa shape index (κ2) is 5.64. The van der Waals surface area contributed by atoms with Gasteiger partial charge in [-0.25, -0.2) is 8.42 Å². The molecule has 0 aliphatic carbocycles. The van der Waals surface area contributed by atoms with E-state index in [0.29, 0.717) is 5.56 Å². The highest BCUT2D eigenvalue weighted by atomic mass is 32.2. The van der Waals surface area contributed by atoms with E-state index in [0.717, 1.165) is 23.8 Å². The fraction of sp³-hybridized carbons (Fsp3) is 0.200. The summed E-state index contributed by atoms with van der Waals surface area (Å²) in [6.07, 6.45) is -4.53. The summed E-state index contributed by atoms with van der Waals surface area (Å²) in [5.41, 5.74) is 0.387. The average Bonchev–Trinajstić information content (AvgIpc) is 2.36.